The molecule has 0 amide bonds. The summed E-state index contributed by atoms with van der Waals surface area (Å²) in [6.45, 7) is 0. The van der Waals surface area contributed by atoms with Gasteiger partial charge in [-0.25, -0.2) is 0 Å². The third-order valence-electron chi connectivity index (χ3n) is 3.46. The second kappa shape index (κ2) is 5.85. The quantitative estimate of drug-likeness (QED) is 0.481. The predicted molar refractivity (Wildman–Crippen MR) is 93.1 cm³/mol. The normalized spacial score (nSPS) is 10.6. The molecule has 0 aliphatic carbocycles. The number of methoxy groups -OCH3 is 1. The molecule has 3 rings (SSSR count). The summed E-state index contributed by atoms with van der Waals surface area (Å²) in [6.07, 6.45) is 0. The summed E-state index contributed by atoms with van der Waals surface area (Å²) in [5.74, 6) is 0.815. The Morgan fingerprint density at radius 3 is 2.24 bits per heavy atom. The summed E-state index contributed by atoms with van der Waals surface area (Å²) in [6, 6.07) is 19.1. The van der Waals surface area contributed by atoms with Gasteiger partial charge in [0, 0.05) is 20.1 Å². The van der Waals surface area contributed by atoms with Crippen molar-refractivity contribution < 1.29 is 9.53 Å². The lowest BCUT2D eigenvalue weighted by Gasteiger charge is -2.10. The van der Waals surface area contributed by atoms with Crippen LogP contribution >= 0.6 is 22.6 Å². The van der Waals surface area contributed by atoms with Crippen LogP contribution in [0.15, 0.2) is 60.7 Å². The van der Waals surface area contributed by atoms with Crippen LogP contribution in [0.1, 0.15) is 15.9 Å². The molecule has 0 bridgehead atoms. The molecule has 0 heterocycles. The van der Waals surface area contributed by atoms with E-state index in [9.17, 15) is 4.79 Å². The van der Waals surface area contributed by atoms with Gasteiger partial charge in [0.15, 0.2) is 5.78 Å². The smallest absolute Gasteiger partial charge is 0.193 e. The molecule has 104 valence electrons. The number of halogens is 1. The molecule has 3 aromatic carbocycles. The van der Waals surface area contributed by atoms with Gasteiger partial charge in [-0.05, 0) is 64.4 Å². The first-order valence-electron chi connectivity index (χ1n) is 6.56. The molecule has 0 aromatic heterocycles. The maximum atomic E-state index is 12.7. The molecule has 0 aliphatic rings. The molecule has 3 heteroatoms. The van der Waals surface area contributed by atoms with E-state index in [0.29, 0.717) is 11.1 Å². The van der Waals surface area contributed by atoms with Crippen LogP contribution in [0, 0.1) is 3.57 Å². The van der Waals surface area contributed by atoms with Crippen molar-refractivity contribution in [2.45, 2.75) is 0 Å². The van der Waals surface area contributed by atoms with Gasteiger partial charge in [0.05, 0.1) is 7.11 Å². The van der Waals surface area contributed by atoms with Crippen LogP contribution in [0.25, 0.3) is 10.8 Å². The maximum Gasteiger partial charge on any atom is 0.193 e. The van der Waals surface area contributed by atoms with Gasteiger partial charge < -0.3 is 4.74 Å². The first kappa shape index (κ1) is 14.1. The van der Waals surface area contributed by atoms with Gasteiger partial charge in [0.1, 0.15) is 5.75 Å². The zero-order chi connectivity index (χ0) is 14.8. The molecule has 0 spiro atoms. The number of ether oxygens (including phenoxy) is 1. The van der Waals surface area contributed by atoms with E-state index in [4.69, 9.17) is 4.74 Å². The Bertz CT molecular complexity index is 807. The molecule has 0 saturated carbocycles. The molecule has 0 unspecified atom stereocenters. The Morgan fingerprint density at radius 2 is 1.57 bits per heavy atom. The summed E-state index contributed by atoms with van der Waals surface area (Å²) < 4.78 is 6.49. The number of hydrogen-bond donors (Lipinski definition) is 0. The van der Waals surface area contributed by atoms with E-state index in [0.717, 1.165) is 20.1 Å². The Balaban J connectivity index is 2.16. The fourth-order valence-corrected chi connectivity index (χ4v) is 2.76. The number of fused-ring (bicyclic) bond motifs is 1. The highest BCUT2D eigenvalue weighted by molar-refractivity contribution is 14.1. The summed E-state index contributed by atoms with van der Waals surface area (Å²) in [5.41, 5.74) is 1.40. The minimum atomic E-state index is 0.0326. The predicted octanol–water partition coefficient (Wildman–Crippen LogP) is 4.68. The number of ketones is 1. The lowest BCUT2D eigenvalue weighted by atomic mass is 9.97. The fraction of sp³-hybridized carbons (Fsp3) is 0.0556. The second-order valence-electron chi connectivity index (χ2n) is 4.70. The summed E-state index contributed by atoms with van der Waals surface area (Å²) in [5, 5.41) is 1.87. The number of carbonyl (C=O) groups is 1. The van der Waals surface area contributed by atoms with Crippen LogP contribution in [0.2, 0.25) is 0 Å². The van der Waals surface area contributed by atoms with Crippen molar-refractivity contribution in [1.82, 2.24) is 0 Å². The average molecular weight is 388 g/mol. The molecular formula is C18H13IO2. The Morgan fingerprint density at radius 1 is 0.905 bits per heavy atom. The lowest BCUT2D eigenvalue weighted by Crippen LogP contribution is -2.02. The van der Waals surface area contributed by atoms with Gasteiger partial charge in [-0.1, -0.05) is 24.3 Å². The first-order valence-corrected chi connectivity index (χ1v) is 7.64. The molecule has 0 saturated heterocycles. The van der Waals surface area contributed by atoms with Crippen molar-refractivity contribution in [3.05, 3.63) is 75.4 Å². The zero-order valence-corrected chi connectivity index (χ0v) is 13.6. The van der Waals surface area contributed by atoms with Crippen molar-refractivity contribution in [2.75, 3.05) is 7.11 Å². The van der Waals surface area contributed by atoms with Crippen molar-refractivity contribution in [1.29, 1.82) is 0 Å². The van der Waals surface area contributed by atoms with E-state index in [2.05, 4.69) is 22.6 Å². The van der Waals surface area contributed by atoms with Crippen LogP contribution in [-0.2, 0) is 0 Å². The van der Waals surface area contributed by atoms with E-state index in [-0.39, 0.29) is 5.78 Å². The van der Waals surface area contributed by atoms with Gasteiger partial charge in [0.2, 0.25) is 0 Å². The van der Waals surface area contributed by atoms with Crippen molar-refractivity contribution >= 4 is 39.1 Å². The summed E-state index contributed by atoms with van der Waals surface area (Å²) in [7, 11) is 1.64. The first-order chi connectivity index (χ1) is 10.2. The van der Waals surface area contributed by atoms with Crippen LogP contribution in [0.5, 0.6) is 5.75 Å². The average Bonchev–Trinajstić information content (AvgIpc) is 2.54. The molecular weight excluding hydrogens is 375 g/mol. The maximum absolute atomic E-state index is 12.7. The molecule has 0 fully saturated rings. The summed E-state index contributed by atoms with van der Waals surface area (Å²) in [4.78, 5) is 12.7. The van der Waals surface area contributed by atoms with Crippen molar-refractivity contribution in [2.24, 2.45) is 0 Å². The fourth-order valence-electron chi connectivity index (χ4n) is 2.40. The van der Waals surface area contributed by atoms with E-state index in [1.165, 1.54) is 0 Å². The molecule has 3 aromatic rings. The molecule has 21 heavy (non-hydrogen) atoms. The van der Waals surface area contributed by atoms with E-state index >= 15 is 0 Å². The molecule has 0 N–H and O–H groups in total. The molecule has 0 radical (unpaired) electrons. The monoisotopic (exact) mass is 388 g/mol. The standard InChI is InChI=1S/C18H13IO2/c1-21-17-11-10-16(14-4-2-3-5-15(14)17)18(20)12-6-8-13(19)9-7-12/h2-11H,1H3. The second-order valence-corrected chi connectivity index (χ2v) is 5.94. The lowest BCUT2D eigenvalue weighted by molar-refractivity contribution is 0.104. The van der Waals surface area contributed by atoms with E-state index in [1.807, 2.05) is 60.7 Å². The highest BCUT2D eigenvalue weighted by Crippen LogP contribution is 2.29. The highest BCUT2D eigenvalue weighted by atomic mass is 127. The van der Waals surface area contributed by atoms with Gasteiger partial charge in [-0.3, -0.25) is 4.79 Å². The minimum Gasteiger partial charge on any atom is -0.496 e. The third kappa shape index (κ3) is 2.65. The topological polar surface area (TPSA) is 26.3 Å². The molecule has 2 nitrogen and oxygen atoms in total. The van der Waals surface area contributed by atoms with Crippen LogP contribution in [-0.4, -0.2) is 12.9 Å². The van der Waals surface area contributed by atoms with Crippen LogP contribution in [0.4, 0.5) is 0 Å². The highest BCUT2D eigenvalue weighted by Gasteiger charge is 2.14. The van der Waals surface area contributed by atoms with Crippen molar-refractivity contribution in [3.8, 4) is 5.75 Å². The zero-order valence-electron chi connectivity index (χ0n) is 11.5. The molecule has 0 aliphatic heterocycles. The SMILES string of the molecule is COc1ccc(C(=O)c2ccc(I)cc2)c2ccccc12. The Labute approximate surface area is 136 Å². The number of hydrogen-bond acceptors (Lipinski definition) is 2. The van der Waals surface area contributed by atoms with Gasteiger partial charge in [0.25, 0.3) is 0 Å². The van der Waals surface area contributed by atoms with Gasteiger partial charge in [-0.15, -0.1) is 0 Å². The number of carbonyl (C=O) groups excluding carboxylic acids is 1. The summed E-state index contributed by atoms with van der Waals surface area (Å²) >= 11 is 2.23. The van der Waals surface area contributed by atoms with E-state index in [1.54, 1.807) is 7.11 Å². The van der Waals surface area contributed by atoms with Crippen LogP contribution in [0.3, 0.4) is 0 Å². The van der Waals surface area contributed by atoms with Crippen LogP contribution < -0.4 is 4.74 Å². The van der Waals surface area contributed by atoms with Gasteiger partial charge in [-0.2, -0.15) is 0 Å². The van der Waals surface area contributed by atoms with E-state index < -0.39 is 0 Å². The minimum absolute atomic E-state index is 0.0326. The van der Waals surface area contributed by atoms with Gasteiger partial charge >= 0.3 is 0 Å². The number of benzene rings is 3. The Hall–Kier alpha value is -1.88. The van der Waals surface area contributed by atoms with Crippen molar-refractivity contribution in [3.63, 3.8) is 0 Å². The molecule has 0 atom stereocenters. The largest absolute Gasteiger partial charge is 0.496 e. The third-order valence-corrected chi connectivity index (χ3v) is 4.17. The Kier molecular flexibility index (Phi) is 3.92. The number of rotatable bonds is 3.